The number of methoxy groups -OCH3 is 1. The minimum absolute atomic E-state index is 0.0181. The summed E-state index contributed by atoms with van der Waals surface area (Å²) in [6, 6.07) is 3.46. The zero-order valence-corrected chi connectivity index (χ0v) is 34.9. The van der Waals surface area contributed by atoms with Gasteiger partial charge in [-0.15, -0.1) is 0 Å². The largest absolute Gasteiger partial charge is 0.497 e. The summed E-state index contributed by atoms with van der Waals surface area (Å²) in [6.45, 7) is 6.70. The van der Waals surface area contributed by atoms with Gasteiger partial charge in [-0.3, -0.25) is 14.4 Å². The third-order valence-electron chi connectivity index (χ3n) is 13.0. The highest BCUT2D eigenvalue weighted by molar-refractivity contribution is 7.91. The van der Waals surface area contributed by atoms with E-state index in [2.05, 4.69) is 15.4 Å². The molecule has 5 heterocycles. The van der Waals surface area contributed by atoms with Crippen molar-refractivity contribution in [2.24, 2.45) is 5.92 Å². The quantitative estimate of drug-likeness (QED) is 0.299. The topological polar surface area (TPSA) is 215 Å². The Bertz CT molecular complexity index is 2240. The van der Waals surface area contributed by atoms with Gasteiger partial charge in [0.05, 0.1) is 48.5 Å². The van der Waals surface area contributed by atoms with Gasteiger partial charge in [0.1, 0.15) is 35.8 Å². The van der Waals surface area contributed by atoms with Gasteiger partial charge in [0, 0.05) is 28.9 Å². The van der Waals surface area contributed by atoms with E-state index in [1.807, 2.05) is 32.0 Å². The lowest BCUT2D eigenvalue weighted by Crippen LogP contribution is -2.59. The van der Waals surface area contributed by atoms with Crippen LogP contribution in [0.25, 0.3) is 10.9 Å². The van der Waals surface area contributed by atoms with Crippen LogP contribution in [-0.2, 0) is 40.3 Å². The average molecular weight is 835 g/mol. The molecular formula is C42H54N6O10S. The summed E-state index contributed by atoms with van der Waals surface area (Å²) in [6.07, 6.45) is 6.31. The standard InChI is InChI=1S/C42H54N6O10S/c1-24(2)33-34-27(28-18-26(55-4)12-13-30(28)44-33)14-15-41(58-34)19-32-36(49)46-42(38(51)47-59(53,54)40(3)16-17-40)29(35(42)43)10-8-6-5-7-9-11-31(37(50)48(32)23-41)45-39(52)57-22-25-20-56-21-25/h10,12-13,18,24-25,31-32,43H,5-9,11,14-17,19-23H2,1-4H3,(H,45,52)(H,46,49)(H,47,51). The molecule has 4 fully saturated rings. The second-order valence-corrected chi connectivity index (χ2v) is 19.8. The fourth-order valence-electron chi connectivity index (χ4n) is 8.80. The smallest absolute Gasteiger partial charge is 0.407 e. The molecule has 0 bridgehead atoms. The van der Waals surface area contributed by atoms with Crippen molar-refractivity contribution >= 4 is 50.5 Å². The Hall–Kier alpha value is -4.77. The summed E-state index contributed by atoms with van der Waals surface area (Å²) < 4.78 is 50.9. The van der Waals surface area contributed by atoms with Gasteiger partial charge in [-0.1, -0.05) is 39.2 Å². The first-order chi connectivity index (χ1) is 28.1. The number of amides is 4. The van der Waals surface area contributed by atoms with Gasteiger partial charge in [-0.05, 0) is 76.0 Å². The zero-order valence-electron chi connectivity index (χ0n) is 34.1. The Balaban J connectivity index is 1.15. The molecule has 318 valence electrons. The van der Waals surface area contributed by atoms with Crippen LogP contribution in [0, 0.1) is 11.3 Å². The number of hydrogen-bond donors (Lipinski definition) is 4. The molecule has 8 rings (SSSR count). The number of alkyl carbamates (subject to hydrolysis) is 1. The van der Waals surface area contributed by atoms with Crippen LogP contribution in [0.1, 0.15) is 102 Å². The van der Waals surface area contributed by atoms with E-state index in [4.69, 9.17) is 29.3 Å². The third kappa shape index (κ3) is 7.53. The van der Waals surface area contributed by atoms with Crippen LogP contribution < -0.4 is 24.8 Å². The van der Waals surface area contributed by atoms with Crippen molar-refractivity contribution in [1.29, 1.82) is 5.41 Å². The van der Waals surface area contributed by atoms with Crippen molar-refractivity contribution in [2.45, 2.75) is 125 Å². The molecule has 2 saturated carbocycles. The molecule has 4 amide bonds. The summed E-state index contributed by atoms with van der Waals surface area (Å²) >= 11 is 0. The molecule has 2 aliphatic carbocycles. The minimum Gasteiger partial charge on any atom is -0.497 e. The Kier molecular flexibility index (Phi) is 10.7. The molecule has 17 heteroatoms. The number of fused-ring (bicyclic) bond motifs is 5. The Morgan fingerprint density at radius 1 is 1.12 bits per heavy atom. The second-order valence-electron chi connectivity index (χ2n) is 17.6. The van der Waals surface area contributed by atoms with E-state index in [0.717, 1.165) is 35.0 Å². The molecule has 4 unspecified atom stereocenters. The Morgan fingerprint density at radius 3 is 2.58 bits per heavy atom. The van der Waals surface area contributed by atoms with Crippen molar-refractivity contribution in [3.8, 4) is 11.5 Å². The maximum atomic E-state index is 14.9. The number of sulfonamides is 1. The van der Waals surface area contributed by atoms with Gasteiger partial charge in [-0.25, -0.2) is 22.9 Å². The molecule has 6 aliphatic rings. The van der Waals surface area contributed by atoms with Crippen LogP contribution in [0.4, 0.5) is 4.79 Å². The number of carbonyl (C=O) groups excluding carboxylic acids is 4. The molecule has 4 aliphatic heterocycles. The van der Waals surface area contributed by atoms with Gasteiger partial charge < -0.3 is 39.9 Å². The monoisotopic (exact) mass is 834 g/mol. The number of benzene rings is 1. The number of carbonyl (C=O) groups is 4. The lowest BCUT2D eigenvalue weighted by Gasteiger charge is -2.37. The fraction of sp³-hybridized carbons (Fsp3) is 0.619. The number of allylic oxidation sites excluding steroid dienone is 1. The molecule has 16 nitrogen and oxygen atoms in total. The second kappa shape index (κ2) is 15.4. The van der Waals surface area contributed by atoms with Crippen molar-refractivity contribution in [2.75, 3.05) is 33.5 Å². The van der Waals surface area contributed by atoms with Crippen LogP contribution in [0.2, 0.25) is 0 Å². The van der Waals surface area contributed by atoms with Crippen LogP contribution in [0.5, 0.6) is 11.5 Å². The van der Waals surface area contributed by atoms with Gasteiger partial charge in [-0.2, -0.15) is 0 Å². The van der Waals surface area contributed by atoms with E-state index in [9.17, 15) is 27.6 Å². The van der Waals surface area contributed by atoms with E-state index >= 15 is 0 Å². The molecule has 4 N–H and O–H groups in total. The SMILES string of the molecule is COc1ccc2nc(C(C)C)c3c(c2c1)CCC1(CC2C(=O)NC4(C(=O)NS(=O)(=O)C5(C)CC5)C(=N)C4=CCCCCCCC(NC(=O)OCC4COC4)C(=O)N2C1)O3. The lowest BCUT2D eigenvalue weighted by molar-refractivity contribution is -0.141. The average Bonchev–Trinajstić information content (AvgIpc) is 4.02. The Labute approximate surface area is 344 Å². The third-order valence-corrected chi connectivity index (χ3v) is 15.1. The van der Waals surface area contributed by atoms with Crippen molar-refractivity contribution < 1.29 is 46.5 Å². The van der Waals surface area contributed by atoms with Gasteiger partial charge in [0.15, 0.2) is 5.54 Å². The van der Waals surface area contributed by atoms with Gasteiger partial charge in [0.2, 0.25) is 21.8 Å². The predicted octanol–water partition coefficient (Wildman–Crippen LogP) is 3.94. The van der Waals surface area contributed by atoms with E-state index < -0.39 is 61.8 Å². The number of aryl methyl sites for hydroxylation is 1. The Morgan fingerprint density at radius 2 is 1.88 bits per heavy atom. The molecule has 1 spiro atoms. The number of aromatic nitrogens is 1. The maximum Gasteiger partial charge on any atom is 0.407 e. The number of nitrogens with one attached hydrogen (secondary N) is 4. The normalized spacial score (nSPS) is 28.1. The maximum absolute atomic E-state index is 14.9. The van der Waals surface area contributed by atoms with Gasteiger partial charge >= 0.3 is 6.09 Å². The minimum atomic E-state index is -4.12. The molecular weight excluding hydrogens is 781 g/mol. The van der Waals surface area contributed by atoms with Crippen LogP contribution >= 0.6 is 0 Å². The summed E-state index contributed by atoms with van der Waals surface area (Å²) in [7, 11) is -2.52. The highest BCUT2D eigenvalue weighted by Gasteiger charge is 2.66. The first-order valence-electron chi connectivity index (χ1n) is 20.8. The molecule has 59 heavy (non-hydrogen) atoms. The lowest BCUT2D eigenvalue weighted by atomic mass is 9.86. The van der Waals surface area contributed by atoms with E-state index in [0.29, 0.717) is 76.1 Å². The first-order valence-corrected chi connectivity index (χ1v) is 22.3. The highest BCUT2D eigenvalue weighted by atomic mass is 32.2. The number of ether oxygens (including phenoxy) is 4. The van der Waals surface area contributed by atoms with Gasteiger partial charge in [0.25, 0.3) is 5.91 Å². The highest BCUT2D eigenvalue weighted by Crippen LogP contribution is 2.48. The number of hydrogen-bond acceptors (Lipinski definition) is 12. The van der Waals surface area contributed by atoms with Crippen LogP contribution in [0.15, 0.2) is 29.8 Å². The number of nitrogens with zero attached hydrogens (tertiary/aromatic N) is 2. The van der Waals surface area contributed by atoms with E-state index in [-0.39, 0.29) is 42.7 Å². The number of rotatable bonds is 8. The molecule has 1 aromatic heterocycles. The summed E-state index contributed by atoms with van der Waals surface area (Å²) in [5.74, 6) is -0.975. The summed E-state index contributed by atoms with van der Waals surface area (Å²) in [5.41, 5.74) is -0.587. The molecule has 2 aromatic rings. The molecule has 2 saturated heterocycles. The van der Waals surface area contributed by atoms with Crippen molar-refractivity contribution in [1.82, 2.24) is 25.2 Å². The summed E-state index contributed by atoms with van der Waals surface area (Å²) in [4.78, 5) is 63.4. The van der Waals surface area contributed by atoms with E-state index in [1.54, 1.807) is 20.1 Å². The predicted molar refractivity (Wildman–Crippen MR) is 216 cm³/mol. The fourth-order valence-corrected chi connectivity index (χ4v) is 10.1. The zero-order chi connectivity index (χ0) is 41.9. The van der Waals surface area contributed by atoms with E-state index in [1.165, 1.54) is 4.90 Å². The van der Waals surface area contributed by atoms with Crippen molar-refractivity contribution in [3.63, 3.8) is 0 Å². The molecule has 4 atom stereocenters. The van der Waals surface area contributed by atoms with Crippen LogP contribution in [-0.4, -0.2) is 109 Å². The first kappa shape index (κ1) is 41.0. The molecule has 0 radical (unpaired) electrons. The molecule has 1 aromatic carbocycles. The van der Waals surface area contributed by atoms with Crippen molar-refractivity contribution in [3.05, 3.63) is 41.1 Å². The number of pyridine rings is 1. The van der Waals surface area contributed by atoms with Crippen LogP contribution in [0.3, 0.4) is 0 Å². The summed E-state index contributed by atoms with van der Waals surface area (Å²) in [5, 5.41) is 15.3.